The molecular weight excluding hydrogens is 424 g/mol. The molecule has 3 aromatic carbocycles. The van der Waals surface area contributed by atoms with Gasteiger partial charge in [0.05, 0.1) is 21.2 Å². The minimum absolute atomic E-state index is 0.0697. The van der Waals surface area contributed by atoms with Crippen molar-refractivity contribution in [3.05, 3.63) is 92.5 Å². The third-order valence-electron chi connectivity index (χ3n) is 4.61. The van der Waals surface area contributed by atoms with E-state index in [1.54, 1.807) is 24.3 Å². The summed E-state index contributed by atoms with van der Waals surface area (Å²) in [7, 11) is 0. The van der Waals surface area contributed by atoms with Crippen LogP contribution in [0, 0.1) is 10.1 Å². The van der Waals surface area contributed by atoms with E-state index in [0.29, 0.717) is 24.7 Å². The number of halogens is 1. The molecule has 156 valence electrons. The number of non-ortho nitro benzene ring substituents is 1. The number of amides is 1. The van der Waals surface area contributed by atoms with E-state index in [4.69, 9.17) is 21.1 Å². The van der Waals surface area contributed by atoms with E-state index in [9.17, 15) is 19.7 Å². The highest BCUT2D eigenvalue weighted by Gasteiger charge is 2.24. The molecule has 1 amide bonds. The average molecular weight is 439 g/mol. The van der Waals surface area contributed by atoms with Crippen LogP contribution in [-0.2, 0) is 0 Å². The number of nitro groups is 1. The minimum Gasteiger partial charge on any atom is -0.486 e. The van der Waals surface area contributed by atoms with Crippen molar-refractivity contribution in [1.82, 2.24) is 0 Å². The number of carbonyl (C=O) groups is 2. The zero-order valence-corrected chi connectivity index (χ0v) is 16.7. The summed E-state index contributed by atoms with van der Waals surface area (Å²) in [6, 6.07) is 14.8. The Balaban J connectivity index is 1.75. The van der Waals surface area contributed by atoms with Gasteiger partial charge in [-0.2, -0.15) is 0 Å². The van der Waals surface area contributed by atoms with Crippen LogP contribution in [0.25, 0.3) is 0 Å². The lowest BCUT2D eigenvalue weighted by Crippen LogP contribution is -2.19. The van der Waals surface area contributed by atoms with Crippen LogP contribution >= 0.6 is 11.6 Å². The molecule has 1 aliphatic heterocycles. The number of fused-ring (bicyclic) bond motifs is 1. The van der Waals surface area contributed by atoms with Crippen molar-refractivity contribution < 1.29 is 24.0 Å². The molecule has 3 aromatic rings. The highest BCUT2D eigenvalue weighted by Crippen LogP contribution is 2.37. The summed E-state index contributed by atoms with van der Waals surface area (Å²) in [5.74, 6) is -0.295. The van der Waals surface area contributed by atoms with Crippen LogP contribution in [0.15, 0.2) is 60.7 Å². The first-order valence-electron chi connectivity index (χ1n) is 9.23. The van der Waals surface area contributed by atoms with Gasteiger partial charge < -0.3 is 14.8 Å². The topological polar surface area (TPSA) is 108 Å². The Morgan fingerprint density at radius 2 is 1.65 bits per heavy atom. The summed E-state index contributed by atoms with van der Waals surface area (Å²) in [5.41, 5.74) is 0.427. The lowest BCUT2D eigenvalue weighted by Gasteiger charge is -2.21. The molecule has 9 heteroatoms. The van der Waals surface area contributed by atoms with E-state index < -0.39 is 16.6 Å². The maximum absolute atomic E-state index is 13.2. The molecule has 1 N–H and O–H groups in total. The monoisotopic (exact) mass is 438 g/mol. The highest BCUT2D eigenvalue weighted by molar-refractivity contribution is 6.35. The fraction of sp³-hybridized carbons (Fsp3) is 0.0909. The summed E-state index contributed by atoms with van der Waals surface area (Å²) in [4.78, 5) is 36.4. The van der Waals surface area contributed by atoms with Gasteiger partial charge in [0.25, 0.3) is 11.6 Å². The Kier molecular flexibility index (Phi) is 5.55. The van der Waals surface area contributed by atoms with Gasteiger partial charge in [-0.05, 0) is 24.3 Å². The van der Waals surface area contributed by atoms with Gasteiger partial charge in [-0.3, -0.25) is 19.7 Å². The van der Waals surface area contributed by atoms with Crippen molar-refractivity contribution in [3.8, 4) is 11.5 Å². The number of hydrogen-bond donors (Lipinski definition) is 1. The summed E-state index contributed by atoms with van der Waals surface area (Å²) in [5, 5.41) is 13.9. The fourth-order valence-electron chi connectivity index (χ4n) is 3.13. The third-order valence-corrected chi connectivity index (χ3v) is 4.94. The highest BCUT2D eigenvalue weighted by atomic mass is 35.5. The van der Waals surface area contributed by atoms with E-state index in [1.807, 2.05) is 0 Å². The van der Waals surface area contributed by atoms with E-state index >= 15 is 0 Å². The van der Waals surface area contributed by atoms with Crippen LogP contribution in [0.3, 0.4) is 0 Å². The Bertz CT molecular complexity index is 1210. The fourth-order valence-corrected chi connectivity index (χ4v) is 3.35. The molecule has 0 spiro atoms. The van der Waals surface area contributed by atoms with E-state index in [0.717, 1.165) is 6.07 Å². The molecule has 0 bridgehead atoms. The second kappa shape index (κ2) is 8.45. The molecule has 1 aliphatic rings. The van der Waals surface area contributed by atoms with Gasteiger partial charge in [-0.15, -0.1) is 0 Å². The summed E-state index contributed by atoms with van der Waals surface area (Å²) in [6.07, 6.45) is 0. The molecule has 8 nitrogen and oxygen atoms in total. The molecule has 4 rings (SSSR count). The Morgan fingerprint density at radius 1 is 0.935 bits per heavy atom. The first-order valence-corrected chi connectivity index (χ1v) is 9.60. The van der Waals surface area contributed by atoms with Crippen molar-refractivity contribution in [1.29, 1.82) is 0 Å². The predicted octanol–water partition coefficient (Wildman–Crippen LogP) is 4.50. The molecule has 0 aliphatic carbocycles. The molecular formula is C22H15ClN2O6. The molecule has 31 heavy (non-hydrogen) atoms. The zero-order valence-electron chi connectivity index (χ0n) is 16.0. The molecule has 0 fully saturated rings. The van der Waals surface area contributed by atoms with Crippen molar-refractivity contribution in [2.24, 2.45) is 0 Å². The lowest BCUT2D eigenvalue weighted by atomic mass is 10.00. The second-order valence-corrected chi connectivity index (χ2v) is 7.02. The van der Waals surface area contributed by atoms with Crippen LogP contribution in [0.2, 0.25) is 5.02 Å². The SMILES string of the molecule is O=C(Nc1cc2c(cc1C(=O)c1ccccc1Cl)OCCO2)c1cccc([N+](=O)[O-])c1. The first kappa shape index (κ1) is 20.4. The quantitative estimate of drug-likeness (QED) is 0.357. The number of nitrogens with zero attached hydrogens (tertiary/aromatic N) is 1. The smallest absolute Gasteiger partial charge is 0.270 e. The van der Waals surface area contributed by atoms with Crippen molar-refractivity contribution >= 4 is 34.7 Å². The van der Waals surface area contributed by atoms with Gasteiger partial charge in [0.2, 0.25) is 0 Å². The zero-order chi connectivity index (χ0) is 22.0. The number of benzene rings is 3. The predicted molar refractivity (Wildman–Crippen MR) is 113 cm³/mol. The Hall–Kier alpha value is -3.91. The Morgan fingerprint density at radius 3 is 2.35 bits per heavy atom. The summed E-state index contributed by atoms with van der Waals surface area (Å²) < 4.78 is 11.1. The minimum atomic E-state index is -0.617. The molecule has 1 heterocycles. The number of carbonyl (C=O) groups excluding carboxylic acids is 2. The average Bonchev–Trinajstić information content (AvgIpc) is 2.78. The van der Waals surface area contributed by atoms with Gasteiger partial charge in [-0.1, -0.05) is 29.8 Å². The maximum atomic E-state index is 13.2. The Labute approximate surface area is 181 Å². The third kappa shape index (κ3) is 4.19. The number of hydrogen-bond acceptors (Lipinski definition) is 6. The maximum Gasteiger partial charge on any atom is 0.270 e. The second-order valence-electron chi connectivity index (χ2n) is 6.61. The molecule has 0 unspecified atom stereocenters. The largest absolute Gasteiger partial charge is 0.486 e. The number of nitro benzene ring substituents is 1. The standard InChI is InChI=1S/C22H15ClN2O6/c23-17-7-2-1-6-15(17)21(26)16-11-19-20(31-9-8-30-19)12-18(16)24-22(27)13-4-3-5-14(10-13)25(28)29/h1-7,10-12H,8-9H2,(H,24,27). The lowest BCUT2D eigenvalue weighted by molar-refractivity contribution is -0.384. The van der Waals surface area contributed by atoms with Crippen molar-refractivity contribution in [3.63, 3.8) is 0 Å². The molecule has 0 radical (unpaired) electrons. The van der Waals surface area contributed by atoms with Gasteiger partial charge in [0.1, 0.15) is 13.2 Å². The van der Waals surface area contributed by atoms with Crippen molar-refractivity contribution in [2.45, 2.75) is 0 Å². The van der Waals surface area contributed by atoms with Crippen LogP contribution in [0.5, 0.6) is 11.5 Å². The number of ketones is 1. The normalized spacial score (nSPS) is 12.2. The van der Waals surface area contributed by atoms with E-state index in [-0.39, 0.29) is 33.1 Å². The molecule has 0 saturated heterocycles. The van der Waals surface area contributed by atoms with Gasteiger partial charge in [0, 0.05) is 29.3 Å². The van der Waals surface area contributed by atoms with Gasteiger partial charge >= 0.3 is 0 Å². The summed E-state index contributed by atoms with van der Waals surface area (Å²) in [6.45, 7) is 0.648. The summed E-state index contributed by atoms with van der Waals surface area (Å²) >= 11 is 6.19. The van der Waals surface area contributed by atoms with Crippen LogP contribution in [0.1, 0.15) is 26.3 Å². The number of rotatable bonds is 5. The van der Waals surface area contributed by atoms with E-state index in [2.05, 4.69) is 5.32 Å². The van der Waals surface area contributed by atoms with Gasteiger partial charge in [0.15, 0.2) is 17.3 Å². The first-order chi connectivity index (χ1) is 14.9. The van der Waals surface area contributed by atoms with Crippen LogP contribution in [-0.4, -0.2) is 29.8 Å². The number of ether oxygens (including phenoxy) is 2. The molecule has 0 saturated carbocycles. The molecule has 0 aromatic heterocycles. The van der Waals surface area contributed by atoms with Gasteiger partial charge in [-0.25, -0.2) is 0 Å². The number of anilines is 1. The molecule has 0 atom stereocenters. The van der Waals surface area contributed by atoms with Crippen LogP contribution in [0.4, 0.5) is 11.4 Å². The number of nitrogens with one attached hydrogen (secondary N) is 1. The van der Waals surface area contributed by atoms with Crippen molar-refractivity contribution in [2.75, 3.05) is 18.5 Å². The van der Waals surface area contributed by atoms with E-state index in [1.165, 1.54) is 30.3 Å². The van der Waals surface area contributed by atoms with Crippen LogP contribution < -0.4 is 14.8 Å².